The van der Waals surface area contributed by atoms with E-state index in [4.69, 9.17) is 4.74 Å². The predicted octanol–water partition coefficient (Wildman–Crippen LogP) is 4.62. The van der Waals surface area contributed by atoms with Gasteiger partial charge >= 0.3 is 0 Å². The molecule has 0 radical (unpaired) electrons. The average molecular weight is 308 g/mol. The van der Waals surface area contributed by atoms with E-state index in [2.05, 4.69) is 64.2 Å². The Morgan fingerprint density at radius 2 is 1.86 bits per heavy atom. The van der Waals surface area contributed by atoms with E-state index < -0.39 is 0 Å². The van der Waals surface area contributed by atoms with Crippen LogP contribution in [-0.4, -0.2) is 23.0 Å². The van der Waals surface area contributed by atoms with Crippen LogP contribution in [0.2, 0.25) is 0 Å². The molecule has 0 aromatic heterocycles. The van der Waals surface area contributed by atoms with Crippen LogP contribution in [0.4, 0.5) is 0 Å². The second-order valence-electron chi connectivity index (χ2n) is 7.10. The van der Waals surface area contributed by atoms with Crippen LogP contribution in [0.3, 0.4) is 0 Å². The molecule has 1 aliphatic rings. The normalized spacial score (nSPS) is 23.4. The standard InChI is InChI=1S/C18H29NOS/c1-6-11-19-13-14-7-9-15(10-8-14)21-16-12-17(2,3)20-18(16,4)5/h7-10,16,19H,6,11-13H2,1-5H3. The molecule has 1 aromatic carbocycles. The summed E-state index contributed by atoms with van der Waals surface area (Å²) in [4.78, 5) is 1.34. The van der Waals surface area contributed by atoms with E-state index in [-0.39, 0.29) is 11.2 Å². The summed E-state index contributed by atoms with van der Waals surface area (Å²) in [7, 11) is 0. The van der Waals surface area contributed by atoms with E-state index in [1.807, 2.05) is 11.8 Å². The first-order chi connectivity index (χ1) is 9.82. The number of hydrogen-bond donors (Lipinski definition) is 1. The molecule has 2 nitrogen and oxygen atoms in total. The summed E-state index contributed by atoms with van der Waals surface area (Å²) in [6, 6.07) is 8.96. The van der Waals surface area contributed by atoms with Gasteiger partial charge in [0.1, 0.15) is 0 Å². The van der Waals surface area contributed by atoms with E-state index in [0.717, 1.165) is 19.5 Å². The lowest BCUT2D eigenvalue weighted by molar-refractivity contribution is -0.0631. The van der Waals surface area contributed by atoms with Crippen molar-refractivity contribution < 1.29 is 4.74 Å². The van der Waals surface area contributed by atoms with Crippen LogP contribution in [-0.2, 0) is 11.3 Å². The van der Waals surface area contributed by atoms with E-state index in [1.54, 1.807) is 0 Å². The maximum absolute atomic E-state index is 6.18. The number of ether oxygens (including phenoxy) is 1. The van der Waals surface area contributed by atoms with Gasteiger partial charge < -0.3 is 10.1 Å². The van der Waals surface area contributed by atoms with Crippen molar-refractivity contribution in [3.8, 4) is 0 Å². The molecule has 1 heterocycles. The molecule has 3 heteroatoms. The Kier molecular flexibility index (Phi) is 5.39. The van der Waals surface area contributed by atoms with Crippen LogP contribution in [0.15, 0.2) is 29.2 Å². The molecule has 0 spiro atoms. The topological polar surface area (TPSA) is 21.3 Å². The zero-order chi connectivity index (χ0) is 15.5. The molecular weight excluding hydrogens is 278 g/mol. The number of thioether (sulfide) groups is 1. The van der Waals surface area contributed by atoms with Crippen LogP contribution in [0.1, 0.15) is 53.0 Å². The minimum Gasteiger partial charge on any atom is -0.368 e. The largest absolute Gasteiger partial charge is 0.368 e. The predicted molar refractivity (Wildman–Crippen MR) is 91.9 cm³/mol. The molecule has 1 aromatic rings. The first kappa shape index (κ1) is 16.9. The van der Waals surface area contributed by atoms with Crippen LogP contribution >= 0.6 is 11.8 Å². The summed E-state index contributed by atoms with van der Waals surface area (Å²) >= 11 is 1.95. The number of rotatable bonds is 6. The summed E-state index contributed by atoms with van der Waals surface area (Å²) in [5.74, 6) is 0. The van der Waals surface area contributed by atoms with Crippen molar-refractivity contribution in [3.05, 3.63) is 29.8 Å². The molecule has 1 saturated heterocycles. The Morgan fingerprint density at radius 1 is 1.19 bits per heavy atom. The third kappa shape index (κ3) is 4.73. The van der Waals surface area contributed by atoms with Crippen molar-refractivity contribution >= 4 is 11.8 Å². The first-order valence-electron chi connectivity index (χ1n) is 7.99. The van der Waals surface area contributed by atoms with Crippen LogP contribution in [0.5, 0.6) is 0 Å². The van der Waals surface area contributed by atoms with Gasteiger partial charge in [0.2, 0.25) is 0 Å². The molecule has 0 aliphatic carbocycles. The quantitative estimate of drug-likeness (QED) is 0.775. The molecule has 1 N–H and O–H groups in total. The molecular formula is C18H29NOS. The summed E-state index contributed by atoms with van der Waals surface area (Å²) < 4.78 is 6.18. The van der Waals surface area contributed by atoms with Crippen LogP contribution in [0.25, 0.3) is 0 Å². The van der Waals surface area contributed by atoms with Crippen molar-refractivity contribution in [2.45, 2.75) is 75.4 Å². The number of nitrogens with one attached hydrogen (secondary N) is 1. The van der Waals surface area contributed by atoms with Gasteiger partial charge in [-0.3, -0.25) is 0 Å². The maximum Gasteiger partial charge on any atom is 0.0756 e. The van der Waals surface area contributed by atoms with Gasteiger partial charge in [-0.15, -0.1) is 11.8 Å². The van der Waals surface area contributed by atoms with Gasteiger partial charge in [-0.1, -0.05) is 19.1 Å². The molecule has 21 heavy (non-hydrogen) atoms. The van der Waals surface area contributed by atoms with E-state index in [9.17, 15) is 0 Å². The van der Waals surface area contributed by atoms with E-state index in [1.165, 1.54) is 16.9 Å². The van der Waals surface area contributed by atoms with Crippen molar-refractivity contribution in [1.29, 1.82) is 0 Å². The molecule has 118 valence electrons. The van der Waals surface area contributed by atoms with Gasteiger partial charge in [-0.2, -0.15) is 0 Å². The highest BCUT2D eigenvalue weighted by Gasteiger charge is 2.46. The van der Waals surface area contributed by atoms with Crippen LogP contribution < -0.4 is 5.32 Å². The van der Waals surface area contributed by atoms with Gasteiger partial charge in [-0.25, -0.2) is 0 Å². The Labute approximate surface area is 134 Å². The number of benzene rings is 1. The van der Waals surface area contributed by atoms with Gasteiger partial charge in [0.05, 0.1) is 11.2 Å². The summed E-state index contributed by atoms with van der Waals surface area (Å²) in [5.41, 5.74) is 1.29. The van der Waals surface area contributed by atoms with Crippen molar-refractivity contribution in [2.24, 2.45) is 0 Å². The molecule has 1 atom stereocenters. The van der Waals surface area contributed by atoms with Gasteiger partial charge in [0, 0.05) is 16.7 Å². The van der Waals surface area contributed by atoms with Gasteiger partial charge in [0.25, 0.3) is 0 Å². The minimum atomic E-state index is -0.0600. The fourth-order valence-electron chi connectivity index (χ4n) is 2.95. The Hall–Kier alpha value is -0.510. The first-order valence-corrected chi connectivity index (χ1v) is 8.87. The number of hydrogen-bond acceptors (Lipinski definition) is 3. The van der Waals surface area contributed by atoms with E-state index >= 15 is 0 Å². The Balaban J connectivity index is 1.94. The molecule has 1 unspecified atom stereocenters. The lowest BCUT2D eigenvalue weighted by Crippen LogP contribution is -2.30. The zero-order valence-corrected chi connectivity index (χ0v) is 14.8. The molecule has 0 amide bonds. The third-order valence-electron chi connectivity index (χ3n) is 3.95. The van der Waals surface area contributed by atoms with Crippen LogP contribution in [0, 0.1) is 0 Å². The highest BCUT2D eigenvalue weighted by Crippen LogP contribution is 2.45. The molecule has 0 saturated carbocycles. The smallest absolute Gasteiger partial charge is 0.0756 e. The molecule has 1 aliphatic heterocycles. The lowest BCUT2D eigenvalue weighted by atomic mass is 10.0. The minimum absolute atomic E-state index is 0.00875. The molecule has 2 rings (SSSR count). The second kappa shape index (κ2) is 6.72. The fourth-order valence-corrected chi connectivity index (χ4v) is 4.39. The zero-order valence-electron chi connectivity index (χ0n) is 14.0. The molecule has 0 bridgehead atoms. The fraction of sp³-hybridized carbons (Fsp3) is 0.667. The average Bonchev–Trinajstić information content (AvgIpc) is 2.59. The van der Waals surface area contributed by atoms with Gasteiger partial charge in [0.15, 0.2) is 0 Å². The van der Waals surface area contributed by atoms with Crippen molar-refractivity contribution in [1.82, 2.24) is 5.32 Å². The third-order valence-corrected chi connectivity index (χ3v) is 5.51. The highest BCUT2D eigenvalue weighted by molar-refractivity contribution is 8.00. The summed E-state index contributed by atoms with van der Waals surface area (Å²) in [5, 5.41) is 3.95. The second-order valence-corrected chi connectivity index (χ2v) is 8.37. The SMILES string of the molecule is CCCNCc1ccc(SC2CC(C)(C)OC2(C)C)cc1. The summed E-state index contributed by atoms with van der Waals surface area (Å²) in [6.45, 7) is 13.0. The van der Waals surface area contributed by atoms with E-state index in [0.29, 0.717) is 5.25 Å². The van der Waals surface area contributed by atoms with Gasteiger partial charge in [-0.05, 0) is 64.8 Å². The van der Waals surface area contributed by atoms with Crippen molar-refractivity contribution in [2.75, 3.05) is 6.54 Å². The highest BCUT2D eigenvalue weighted by atomic mass is 32.2. The monoisotopic (exact) mass is 307 g/mol. The maximum atomic E-state index is 6.18. The Bertz CT molecular complexity index is 453. The van der Waals surface area contributed by atoms with Crippen molar-refractivity contribution in [3.63, 3.8) is 0 Å². The lowest BCUT2D eigenvalue weighted by Gasteiger charge is -2.27. The molecule has 1 fully saturated rings. The summed E-state index contributed by atoms with van der Waals surface area (Å²) in [6.07, 6.45) is 2.28. The Morgan fingerprint density at radius 3 is 2.38 bits per heavy atom.